The quantitative estimate of drug-likeness (QED) is 0.682. The Labute approximate surface area is 160 Å². The lowest BCUT2D eigenvalue weighted by Gasteiger charge is -2.12. The fraction of sp³-hybridized carbons (Fsp3) is 0.381. The molecule has 1 aliphatic carbocycles. The summed E-state index contributed by atoms with van der Waals surface area (Å²) in [6.07, 6.45) is 4.61. The van der Waals surface area contributed by atoms with E-state index in [0.717, 1.165) is 36.8 Å². The van der Waals surface area contributed by atoms with E-state index in [-0.39, 0.29) is 23.6 Å². The molecule has 2 heterocycles. The topological polar surface area (TPSA) is 61.1 Å². The number of carbonyl (C=O) groups is 1. The molecule has 6 heteroatoms. The van der Waals surface area contributed by atoms with E-state index in [2.05, 4.69) is 0 Å². The Balaban J connectivity index is 1.88. The van der Waals surface area contributed by atoms with Crippen molar-refractivity contribution in [1.29, 1.82) is 0 Å². The lowest BCUT2D eigenvalue weighted by molar-refractivity contribution is -0.117. The van der Waals surface area contributed by atoms with Crippen LogP contribution < -0.4 is 11.2 Å². The summed E-state index contributed by atoms with van der Waals surface area (Å²) in [6.45, 7) is 1.81. The van der Waals surface area contributed by atoms with Crippen LogP contribution in [0.15, 0.2) is 39.9 Å². The minimum absolute atomic E-state index is 0.0142. The maximum absolute atomic E-state index is 13.2. The molecule has 0 saturated carbocycles. The second kappa shape index (κ2) is 7.27. The molecule has 0 amide bonds. The molecule has 5 nitrogen and oxygen atoms in total. The molecular weight excluding hydrogens is 360 g/mol. The van der Waals surface area contributed by atoms with Crippen molar-refractivity contribution in [2.45, 2.75) is 52.1 Å². The number of Topliss-reactive ketones (excluding diaryl/α,β-unsaturated/α-hetero) is 1. The first kappa shape index (κ1) is 17.9. The van der Waals surface area contributed by atoms with Crippen molar-refractivity contribution in [3.63, 3.8) is 0 Å². The molecule has 0 aliphatic heterocycles. The number of nitrogens with zero attached hydrogens (tertiary/aromatic N) is 2. The smallest absolute Gasteiger partial charge is 0.298 e. The third-order valence-electron chi connectivity index (χ3n) is 5.17. The number of rotatable bonds is 5. The summed E-state index contributed by atoms with van der Waals surface area (Å²) >= 11 is 1.52. The minimum atomic E-state index is -0.378. The van der Waals surface area contributed by atoms with Crippen molar-refractivity contribution >= 4 is 27.3 Å². The number of benzene rings is 1. The van der Waals surface area contributed by atoms with Crippen LogP contribution in [0.3, 0.4) is 0 Å². The van der Waals surface area contributed by atoms with Gasteiger partial charge in [-0.05, 0) is 50.2 Å². The second-order valence-electron chi connectivity index (χ2n) is 7.15. The summed E-state index contributed by atoms with van der Waals surface area (Å²) in [5.74, 6) is -0.0852. The lowest BCUT2D eigenvalue weighted by atomic mass is 9.97. The molecule has 3 aromatic rings. The zero-order valence-corrected chi connectivity index (χ0v) is 16.2. The van der Waals surface area contributed by atoms with Crippen LogP contribution in [-0.4, -0.2) is 14.9 Å². The Bertz CT molecular complexity index is 1120. The van der Waals surface area contributed by atoms with Gasteiger partial charge in [0.15, 0.2) is 0 Å². The normalized spacial score (nSPS) is 13.7. The van der Waals surface area contributed by atoms with Crippen LogP contribution in [0.5, 0.6) is 0 Å². The molecule has 0 unspecified atom stereocenters. The number of aromatic nitrogens is 2. The highest BCUT2D eigenvalue weighted by Gasteiger charge is 2.23. The number of hydrogen-bond acceptors (Lipinski definition) is 4. The molecule has 1 aromatic carbocycles. The van der Waals surface area contributed by atoms with Gasteiger partial charge in [-0.1, -0.05) is 30.3 Å². The highest BCUT2D eigenvalue weighted by Crippen LogP contribution is 2.34. The van der Waals surface area contributed by atoms with Gasteiger partial charge in [-0.15, -0.1) is 11.3 Å². The van der Waals surface area contributed by atoms with Gasteiger partial charge in [0.1, 0.15) is 10.6 Å². The summed E-state index contributed by atoms with van der Waals surface area (Å²) < 4.78 is 2.83. The third kappa shape index (κ3) is 3.30. The molecule has 0 radical (unpaired) electrons. The summed E-state index contributed by atoms with van der Waals surface area (Å²) in [4.78, 5) is 39.9. The molecule has 2 aromatic heterocycles. The predicted molar refractivity (Wildman–Crippen MR) is 108 cm³/mol. The molecule has 4 rings (SSSR count). The third-order valence-corrected chi connectivity index (χ3v) is 6.48. The fourth-order valence-corrected chi connectivity index (χ4v) is 5.23. The van der Waals surface area contributed by atoms with E-state index in [1.807, 2.05) is 30.3 Å². The van der Waals surface area contributed by atoms with Gasteiger partial charge in [0, 0.05) is 11.4 Å². The molecule has 140 valence electrons. The zero-order chi connectivity index (χ0) is 19.0. The molecule has 0 fully saturated rings. The van der Waals surface area contributed by atoms with Crippen LogP contribution in [0.25, 0.3) is 10.2 Å². The molecule has 0 saturated heterocycles. The first-order valence-electron chi connectivity index (χ1n) is 9.37. The first-order chi connectivity index (χ1) is 13.1. The van der Waals surface area contributed by atoms with Crippen LogP contribution in [0.2, 0.25) is 0 Å². The molecule has 0 bridgehead atoms. The van der Waals surface area contributed by atoms with Gasteiger partial charge in [-0.3, -0.25) is 18.7 Å². The van der Waals surface area contributed by atoms with Crippen LogP contribution in [-0.2, 0) is 37.1 Å². The van der Waals surface area contributed by atoms with Gasteiger partial charge in [-0.2, -0.15) is 0 Å². The van der Waals surface area contributed by atoms with Crippen LogP contribution in [0, 0.1) is 0 Å². The fourth-order valence-electron chi connectivity index (χ4n) is 3.86. The van der Waals surface area contributed by atoms with Crippen molar-refractivity contribution in [3.05, 3.63) is 67.2 Å². The summed E-state index contributed by atoms with van der Waals surface area (Å²) in [5.41, 5.74) is 1.59. The highest BCUT2D eigenvalue weighted by molar-refractivity contribution is 7.18. The predicted octanol–water partition coefficient (Wildman–Crippen LogP) is 2.94. The first-order valence-corrected chi connectivity index (χ1v) is 10.2. The van der Waals surface area contributed by atoms with E-state index >= 15 is 0 Å². The van der Waals surface area contributed by atoms with Crippen molar-refractivity contribution in [2.24, 2.45) is 0 Å². The van der Waals surface area contributed by atoms with Gasteiger partial charge in [-0.25, -0.2) is 4.79 Å². The van der Waals surface area contributed by atoms with Crippen molar-refractivity contribution in [1.82, 2.24) is 9.13 Å². The second-order valence-corrected chi connectivity index (χ2v) is 8.24. The number of hydrogen-bond donors (Lipinski definition) is 0. The summed E-state index contributed by atoms with van der Waals surface area (Å²) in [5, 5.41) is 0.656. The number of ketones is 1. The van der Waals surface area contributed by atoms with E-state index in [0.29, 0.717) is 23.2 Å². The number of aryl methyl sites for hydroxylation is 3. The molecule has 27 heavy (non-hydrogen) atoms. The van der Waals surface area contributed by atoms with Gasteiger partial charge in [0.2, 0.25) is 0 Å². The molecule has 0 spiro atoms. The Morgan fingerprint density at radius 2 is 1.81 bits per heavy atom. The summed E-state index contributed by atoms with van der Waals surface area (Å²) in [6, 6.07) is 9.82. The Kier molecular flexibility index (Phi) is 4.83. The number of fused-ring (bicyclic) bond motifs is 3. The zero-order valence-electron chi connectivity index (χ0n) is 15.4. The maximum Gasteiger partial charge on any atom is 0.332 e. The highest BCUT2D eigenvalue weighted by atomic mass is 32.1. The van der Waals surface area contributed by atoms with Crippen molar-refractivity contribution < 1.29 is 4.79 Å². The lowest BCUT2D eigenvalue weighted by Crippen LogP contribution is -2.41. The largest absolute Gasteiger partial charge is 0.332 e. The van der Waals surface area contributed by atoms with Crippen molar-refractivity contribution in [2.75, 3.05) is 0 Å². The average molecular weight is 382 g/mol. The van der Waals surface area contributed by atoms with Crippen molar-refractivity contribution in [3.8, 4) is 0 Å². The van der Waals surface area contributed by atoms with E-state index in [9.17, 15) is 14.4 Å². The van der Waals surface area contributed by atoms with Crippen LogP contribution in [0.4, 0.5) is 0 Å². The SMILES string of the molecule is CC(=O)Cn1c(=O)n(CCc2ccccc2)c(=O)c2c3c(sc21)CCCC3. The molecule has 0 N–H and O–H groups in total. The standard InChI is InChI=1S/C21H22N2O3S/c1-14(24)13-23-20-18(16-9-5-6-10-17(16)27-20)19(25)22(21(23)26)12-11-15-7-3-2-4-8-15/h2-4,7-8H,5-6,9-13H2,1H3. The molecule has 0 atom stereocenters. The van der Waals surface area contributed by atoms with E-state index in [1.54, 1.807) is 0 Å². The van der Waals surface area contributed by atoms with Crippen LogP contribution in [0.1, 0.15) is 35.8 Å². The Morgan fingerprint density at radius 1 is 1.07 bits per heavy atom. The van der Waals surface area contributed by atoms with E-state index in [1.165, 1.54) is 32.3 Å². The summed E-state index contributed by atoms with van der Waals surface area (Å²) in [7, 11) is 0. The maximum atomic E-state index is 13.2. The minimum Gasteiger partial charge on any atom is -0.298 e. The van der Waals surface area contributed by atoms with Crippen LogP contribution >= 0.6 is 11.3 Å². The average Bonchev–Trinajstić information content (AvgIpc) is 3.05. The Morgan fingerprint density at radius 3 is 2.56 bits per heavy atom. The van der Waals surface area contributed by atoms with E-state index < -0.39 is 0 Å². The van der Waals surface area contributed by atoms with Gasteiger partial charge < -0.3 is 0 Å². The van der Waals surface area contributed by atoms with Gasteiger partial charge in [0.05, 0.1) is 11.9 Å². The number of carbonyl (C=O) groups excluding carboxylic acids is 1. The number of thiophene rings is 1. The van der Waals surface area contributed by atoms with E-state index in [4.69, 9.17) is 0 Å². The monoisotopic (exact) mass is 382 g/mol. The Hall–Kier alpha value is -2.47. The van der Waals surface area contributed by atoms with Gasteiger partial charge >= 0.3 is 5.69 Å². The molecule has 1 aliphatic rings. The van der Waals surface area contributed by atoms with Gasteiger partial charge in [0.25, 0.3) is 5.56 Å². The molecular formula is C21H22N2O3S.